The lowest BCUT2D eigenvalue weighted by Gasteiger charge is -2.37. The molecule has 0 aromatic heterocycles. The van der Waals surface area contributed by atoms with Crippen molar-refractivity contribution < 1.29 is 9.47 Å². The zero-order chi connectivity index (χ0) is 7.03. The lowest BCUT2D eigenvalue weighted by atomic mass is 9.95. The second-order valence-corrected chi connectivity index (χ2v) is 3.22. The minimum absolute atomic E-state index is 0.292. The van der Waals surface area contributed by atoms with Crippen molar-refractivity contribution in [2.75, 3.05) is 26.9 Å². The van der Waals surface area contributed by atoms with Gasteiger partial charge in [-0.05, 0) is 6.42 Å². The molecule has 10 heavy (non-hydrogen) atoms. The summed E-state index contributed by atoms with van der Waals surface area (Å²) in [7, 11) is 1.77. The lowest BCUT2D eigenvalue weighted by Crippen LogP contribution is -2.56. The van der Waals surface area contributed by atoms with E-state index in [9.17, 15) is 0 Å². The molecule has 1 unspecified atom stereocenters. The fraction of sp³-hybridized carbons (Fsp3) is 1.00. The predicted molar refractivity (Wildman–Crippen MR) is 37.0 cm³/mol. The van der Waals surface area contributed by atoms with E-state index in [1.165, 1.54) is 0 Å². The van der Waals surface area contributed by atoms with E-state index in [1.807, 2.05) is 0 Å². The average molecular weight is 143 g/mol. The Morgan fingerprint density at radius 2 is 2.40 bits per heavy atom. The Kier molecular flexibility index (Phi) is 1.44. The third-order valence-electron chi connectivity index (χ3n) is 2.41. The lowest BCUT2D eigenvalue weighted by molar-refractivity contribution is -0.0696. The molecule has 0 amide bonds. The first-order valence-electron chi connectivity index (χ1n) is 3.70. The van der Waals surface area contributed by atoms with Crippen molar-refractivity contribution in [1.29, 1.82) is 0 Å². The number of rotatable bonds is 1. The maximum Gasteiger partial charge on any atom is 0.0715 e. The molecule has 0 aromatic rings. The van der Waals surface area contributed by atoms with Crippen LogP contribution in [-0.4, -0.2) is 38.5 Å². The Balaban J connectivity index is 1.92. The summed E-state index contributed by atoms with van der Waals surface area (Å²) >= 11 is 0. The van der Waals surface area contributed by atoms with Gasteiger partial charge in [-0.25, -0.2) is 0 Å². The van der Waals surface area contributed by atoms with Gasteiger partial charge in [0.1, 0.15) is 0 Å². The monoisotopic (exact) mass is 143 g/mol. The molecular weight excluding hydrogens is 130 g/mol. The summed E-state index contributed by atoms with van der Waals surface area (Å²) in [6, 6.07) is 0. The molecule has 1 atom stereocenters. The van der Waals surface area contributed by atoms with Crippen LogP contribution in [0, 0.1) is 0 Å². The van der Waals surface area contributed by atoms with Gasteiger partial charge in [0.15, 0.2) is 0 Å². The summed E-state index contributed by atoms with van der Waals surface area (Å²) in [5.41, 5.74) is 0.292. The molecule has 1 spiro atoms. The second kappa shape index (κ2) is 2.19. The van der Waals surface area contributed by atoms with Gasteiger partial charge >= 0.3 is 0 Å². The zero-order valence-corrected chi connectivity index (χ0v) is 6.22. The highest BCUT2D eigenvalue weighted by Gasteiger charge is 2.44. The second-order valence-electron chi connectivity index (χ2n) is 3.22. The van der Waals surface area contributed by atoms with Gasteiger partial charge in [-0.15, -0.1) is 0 Å². The highest BCUT2D eigenvalue weighted by atomic mass is 16.5. The molecule has 2 heterocycles. The maximum atomic E-state index is 5.22. The van der Waals surface area contributed by atoms with Crippen LogP contribution < -0.4 is 5.32 Å². The molecule has 2 fully saturated rings. The summed E-state index contributed by atoms with van der Waals surface area (Å²) in [4.78, 5) is 0. The van der Waals surface area contributed by atoms with Gasteiger partial charge in [-0.2, -0.15) is 0 Å². The molecule has 2 aliphatic rings. The summed E-state index contributed by atoms with van der Waals surface area (Å²) in [6.45, 7) is 2.72. The third-order valence-corrected chi connectivity index (χ3v) is 2.41. The zero-order valence-electron chi connectivity index (χ0n) is 6.22. The standard InChI is InChI=1S/C7H13NO2/c1-9-6-2-7(8-3-6)4-10-5-7/h6,8H,2-5H2,1H3. The van der Waals surface area contributed by atoms with Crippen molar-refractivity contribution >= 4 is 0 Å². The SMILES string of the molecule is COC1CNC2(COC2)C1. The van der Waals surface area contributed by atoms with E-state index >= 15 is 0 Å². The molecule has 2 rings (SSSR count). The van der Waals surface area contributed by atoms with Crippen LogP contribution in [0.3, 0.4) is 0 Å². The molecule has 3 nitrogen and oxygen atoms in total. The predicted octanol–water partition coefficient (Wildman–Crippen LogP) is -0.236. The van der Waals surface area contributed by atoms with Crippen molar-refractivity contribution in [3.63, 3.8) is 0 Å². The van der Waals surface area contributed by atoms with Crippen molar-refractivity contribution in [1.82, 2.24) is 5.32 Å². The van der Waals surface area contributed by atoms with Crippen LogP contribution in [0.5, 0.6) is 0 Å². The Morgan fingerprint density at radius 1 is 1.60 bits per heavy atom. The van der Waals surface area contributed by atoms with Crippen molar-refractivity contribution in [3.05, 3.63) is 0 Å². The fourth-order valence-corrected chi connectivity index (χ4v) is 1.65. The van der Waals surface area contributed by atoms with E-state index in [0.717, 1.165) is 26.2 Å². The highest BCUT2D eigenvalue weighted by molar-refractivity contribution is 5.01. The average Bonchev–Trinajstić information content (AvgIpc) is 2.29. The summed E-state index contributed by atoms with van der Waals surface area (Å²) in [6.07, 6.45) is 1.52. The summed E-state index contributed by atoms with van der Waals surface area (Å²) in [5.74, 6) is 0. The summed E-state index contributed by atoms with van der Waals surface area (Å²) < 4.78 is 10.4. The van der Waals surface area contributed by atoms with Crippen LogP contribution in [0.1, 0.15) is 6.42 Å². The van der Waals surface area contributed by atoms with Crippen LogP contribution in [-0.2, 0) is 9.47 Å². The van der Waals surface area contributed by atoms with E-state index in [2.05, 4.69) is 5.32 Å². The van der Waals surface area contributed by atoms with Crippen molar-refractivity contribution in [2.45, 2.75) is 18.1 Å². The first-order valence-corrected chi connectivity index (χ1v) is 3.70. The van der Waals surface area contributed by atoms with E-state index in [1.54, 1.807) is 7.11 Å². The Bertz CT molecular complexity index is 134. The van der Waals surface area contributed by atoms with Crippen LogP contribution in [0.25, 0.3) is 0 Å². The van der Waals surface area contributed by atoms with Crippen LogP contribution in [0.15, 0.2) is 0 Å². The Hall–Kier alpha value is -0.120. The molecular formula is C7H13NO2. The van der Waals surface area contributed by atoms with Gasteiger partial charge < -0.3 is 14.8 Å². The van der Waals surface area contributed by atoms with E-state index in [0.29, 0.717) is 11.6 Å². The third kappa shape index (κ3) is 0.856. The molecule has 0 aliphatic carbocycles. The molecule has 0 radical (unpaired) electrons. The van der Waals surface area contributed by atoms with E-state index < -0.39 is 0 Å². The normalized spacial score (nSPS) is 36.3. The number of ether oxygens (including phenoxy) is 2. The first kappa shape index (κ1) is 6.58. The topological polar surface area (TPSA) is 30.5 Å². The largest absolute Gasteiger partial charge is 0.380 e. The van der Waals surface area contributed by atoms with Crippen molar-refractivity contribution in [3.8, 4) is 0 Å². The fourth-order valence-electron chi connectivity index (χ4n) is 1.65. The number of hydrogen-bond donors (Lipinski definition) is 1. The molecule has 3 heteroatoms. The number of nitrogens with one attached hydrogen (secondary N) is 1. The maximum absolute atomic E-state index is 5.22. The Labute approximate surface area is 60.7 Å². The molecule has 0 saturated carbocycles. The van der Waals surface area contributed by atoms with Gasteiger partial charge in [0.05, 0.1) is 24.9 Å². The molecule has 0 bridgehead atoms. The quantitative estimate of drug-likeness (QED) is 0.549. The van der Waals surface area contributed by atoms with Crippen molar-refractivity contribution in [2.24, 2.45) is 0 Å². The van der Waals surface area contributed by atoms with E-state index in [-0.39, 0.29) is 0 Å². The summed E-state index contributed by atoms with van der Waals surface area (Å²) in [5, 5.41) is 3.42. The van der Waals surface area contributed by atoms with Gasteiger partial charge in [0.2, 0.25) is 0 Å². The number of hydrogen-bond acceptors (Lipinski definition) is 3. The smallest absolute Gasteiger partial charge is 0.0715 e. The van der Waals surface area contributed by atoms with Crippen LogP contribution in [0.2, 0.25) is 0 Å². The molecule has 0 aromatic carbocycles. The minimum atomic E-state index is 0.292. The molecule has 2 aliphatic heterocycles. The Morgan fingerprint density at radius 3 is 2.70 bits per heavy atom. The van der Waals surface area contributed by atoms with Gasteiger partial charge in [-0.1, -0.05) is 0 Å². The first-order chi connectivity index (χ1) is 4.85. The van der Waals surface area contributed by atoms with E-state index in [4.69, 9.17) is 9.47 Å². The van der Waals surface area contributed by atoms with Gasteiger partial charge in [0, 0.05) is 13.7 Å². The molecule has 1 N–H and O–H groups in total. The van der Waals surface area contributed by atoms with Gasteiger partial charge in [0.25, 0.3) is 0 Å². The van der Waals surface area contributed by atoms with Crippen LogP contribution >= 0.6 is 0 Å². The molecule has 58 valence electrons. The van der Waals surface area contributed by atoms with Crippen LogP contribution in [0.4, 0.5) is 0 Å². The van der Waals surface area contributed by atoms with Gasteiger partial charge in [-0.3, -0.25) is 0 Å². The molecule has 2 saturated heterocycles. The number of methoxy groups -OCH3 is 1. The minimum Gasteiger partial charge on any atom is -0.380 e. The highest BCUT2D eigenvalue weighted by Crippen LogP contribution is 2.28.